The zero-order valence-electron chi connectivity index (χ0n) is 20.8. The third-order valence-corrected chi connectivity index (χ3v) is 8.41. The van der Waals surface area contributed by atoms with E-state index in [4.69, 9.17) is 16.3 Å². The molecule has 2 aromatic carbocycles. The van der Waals surface area contributed by atoms with Crippen LogP contribution in [0, 0.1) is 0 Å². The minimum Gasteiger partial charge on any atom is -0.489 e. The van der Waals surface area contributed by atoms with Gasteiger partial charge in [0.05, 0.1) is 16.0 Å². The van der Waals surface area contributed by atoms with Gasteiger partial charge in [0.25, 0.3) is 0 Å². The molecule has 1 aliphatic carbocycles. The van der Waals surface area contributed by atoms with Gasteiger partial charge in [-0.05, 0) is 78.6 Å². The van der Waals surface area contributed by atoms with Crippen molar-refractivity contribution in [2.45, 2.75) is 55.8 Å². The minimum atomic E-state index is -3.21. The lowest BCUT2D eigenvalue weighted by atomic mass is 9.91. The zero-order chi connectivity index (χ0) is 25.8. The van der Waals surface area contributed by atoms with Crippen LogP contribution in [0.3, 0.4) is 0 Å². The largest absolute Gasteiger partial charge is 0.489 e. The van der Waals surface area contributed by atoms with Gasteiger partial charge in [-0.15, -0.1) is 0 Å². The average Bonchev–Trinajstić information content (AvgIpc) is 2.90. The van der Waals surface area contributed by atoms with E-state index in [2.05, 4.69) is 20.9 Å². The highest BCUT2D eigenvalue weighted by atomic mass is 35.5. The summed E-state index contributed by atoms with van der Waals surface area (Å²) in [4.78, 5) is 11.3. The second-order valence-corrected chi connectivity index (χ2v) is 12.2. The number of rotatable bonds is 8. The molecule has 0 spiro atoms. The molecule has 192 valence electrons. The van der Waals surface area contributed by atoms with Gasteiger partial charge in [0.15, 0.2) is 9.84 Å². The second-order valence-electron chi connectivity index (χ2n) is 9.74. The third-order valence-electron chi connectivity index (χ3n) is 6.99. The maximum Gasteiger partial charge on any atom is 0.175 e. The van der Waals surface area contributed by atoms with Crippen molar-refractivity contribution in [2.75, 3.05) is 6.26 Å². The van der Waals surface area contributed by atoms with Crippen LogP contribution in [0.4, 0.5) is 0 Å². The van der Waals surface area contributed by atoms with Crippen molar-refractivity contribution in [3.05, 3.63) is 95.5 Å². The smallest absolute Gasteiger partial charge is 0.175 e. The molecule has 0 amide bonds. The van der Waals surface area contributed by atoms with E-state index in [1.807, 2.05) is 48.8 Å². The van der Waals surface area contributed by atoms with Gasteiger partial charge in [0.1, 0.15) is 5.75 Å². The summed E-state index contributed by atoms with van der Waals surface area (Å²) >= 11 is 6.52. The molecular formula is C29H30ClN3O3S. The summed E-state index contributed by atoms with van der Waals surface area (Å²) in [6, 6.07) is 17.5. The van der Waals surface area contributed by atoms with Crippen molar-refractivity contribution < 1.29 is 13.2 Å². The normalized spacial score (nSPS) is 18.2. The summed E-state index contributed by atoms with van der Waals surface area (Å²) in [6.45, 7) is 1.52. The summed E-state index contributed by atoms with van der Waals surface area (Å²) in [5.41, 5.74) is 2.25. The van der Waals surface area contributed by atoms with Crippen LogP contribution in [-0.4, -0.2) is 41.7 Å². The van der Waals surface area contributed by atoms with Gasteiger partial charge in [-0.25, -0.2) is 8.42 Å². The predicted molar refractivity (Wildman–Crippen MR) is 146 cm³/mol. The van der Waals surface area contributed by atoms with E-state index < -0.39 is 9.84 Å². The number of nitrogens with zero attached hydrogens (tertiary/aromatic N) is 3. The molecule has 4 aromatic rings. The maximum atomic E-state index is 11.9. The van der Waals surface area contributed by atoms with E-state index in [1.54, 1.807) is 24.5 Å². The molecule has 5 rings (SSSR count). The van der Waals surface area contributed by atoms with E-state index in [-0.39, 0.29) is 6.10 Å². The topological polar surface area (TPSA) is 72.4 Å². The molecule has 0 saturated heterocycles. The molecule has 0 N–H and O–H groups in total. The fourth-order valence-electron chi connectivity index (χ4n) is 5.00. The molecule has 0 bridgehead atoms. The van der Waals surface area contributed by atoms with Gasteiger partial charge >= 0.3 is 0 Å². The maximum absolute atomic E-state index is 11.9. The lowest BCUT2D eigenvalue weighted by Crippen LogP contribution is -2.39. The van der Waals surface area contributed by atoms with Crippen molar-refractivity contribution >= 4 is 32.2 Å². The quantitative estimate of drug-likeness (QED) is 0.272. The van der Waals surface area contributed by atoms with Crippen molar-refractivity contribution in [1.82, 2.24) is 14.9 Å². The van der Waals surface area contributed by atoms with Crippen LogP contribution in [0.15, 0.2) is 84.3 Å². The first-order valence-corrected chi connectivity index (χ1v) is 14.7. The summed E-state index contributed by atoms with van der Waals surface area (Å²) in [5, 5.41) is 2.67. The summed E-state index contributed by atoms with van der Waals surface area (Å²) in [5.74, 6) is 0.724. The molecule has 6 nitrogen and oxygen atoms in total. The Morgan fingerprint density at radius 2 is 1.62 bits per heavy atom. The minimum absolute atomic E-state index is 0.113. The highest BCUT2D eigenvalue weighted by Gasteiger charge is 2.28. The van der Waals surface area contributed by atoms with Gasteiger partial charge in [-0.2, -0.15) is 0 Å². The van der Waals surface area contributed by atoms with Crippen LogP contribution < -0.4 is 4.74 Å². The van der Waals surface area contributed by atoms with Crippen LogP contribution in [0.5, 0.6) is 5.75 Å². The molecule has 1 fully saturated rings. The number of ether oxygens (including phenoxy) is 1. The molecule has 8 heteroatoms. The number of fused-ring (bicyclic) bond motifs is 1. The first kappa shape index (κ1) is 25.6. The molecular weight excluding hydrogens is 506 g/mol. The van der Waals surface area contributed by atoms with Gasteiger partial charge in [-0.1, -0.05) is 29.8 Å². The summed E-state index contributed by atoms with van der Waals surface area (Å²) < 4.78 is 30.1. The van der Waals surface area contributed by atoms with E-state index >= 15 is 0 Å². The summed E-state index contributed by atoms with van der Waals surface area (Å²) in [6.07, 6.45) is 12.5. The highest BCUT2D eigenvalue weighted by Crippen LogP contribution is 2.34. The Kier molecular flexibility index (Phi) is 7.74. The van der Waals surface area contributed by atoms with E-state index in [0.717, 1.165) is 66.4 Å². The van der Waals surface area contributed by atoms with Crippen LogP contribution >= 0.6 is 11.6 Å². The van der Waals surface area contributed by atoms with Crippen molar-refractivity contribution in [1.29, 1.82) is 0 Å². The Bertz CT molecular complexity index is 1460. The Hall–Kier alpha value is -3.00. The standard InChI is InChI=1S/C29H30ClN3O3S/c1-37(34,35)27-10-4-21(5-11-27)19-33(20-22-3-2-13-31-17-22)25-6-8-26(9-7-25)36-29-16-23-12-14-32-18-24(23)15-28(29)30/h2-5,10-18,25-26H,6-9,19-20H2,1H3. The number of benzene rings is 2. The molecule has 0 radical (unpaired) electrons. The number of hydrogen-bond acceptors (Lipinski definition) is 6. The molecule has 0 atom stereocenters. The monoisotopic (exact) mass is 535 g/mol. The molecule has 0 aliphatic heterocycles. The molecule has 37 heavy (non-hydrogen) atoms. The van der Waals surface area contributed by atoms with Crippen molar-refractivity contribution in [2.24, 2.45) is 0 Å². The Morgan fingerprint density at radius 3 is 2.32 bits per heavy atom. The Morgan fingerprint density at radius 1 is 0.892 bits per heavy atom. The van der Waals surface area contributed by atoms with E-state index in [1.165, 1.54) is 6.26 Å². The Labute approximate surface area is 223 Å². The predicted octanol–water partition coefficient (Wildman–Crippen LogP) is 6.08. The number of sulfone groups is 1. The first-order chi connectivity index (χ1) is 17.8. The SMILES string of the molecule is CS(=O)(=O)c1ccc(CN(Cc2cccnc2)C2CCC(Oc3cc4ccncc4cc3Cl)CC2)cc1. The van der Waals surface area contributed by atoms with Crippen molar-refractivity contribution in [3.63, 3.8) is 0 Å². The second kappa shape index (κ2) is 11.2. The number of aromatic nitrogens is 2. The lowest BCUT2D eigenvalue weighted by molar-refractivity contribution is 0.0795. The van der Waals surface area contributed by atoms with Gasteiger partial charge < -0.3 is 4.74 Å². The van der Waals surface area contributed by atoms with Gasteiger partial charge in [0.2, 0.25) is 0 Å². The van der Waals surface area contributed by atoms with Gasteiger partial charge in [-0.3, -0.25) is 14.9 Å². The third kappa shape index (κ3) is 6.47. The number of pyridine rings is 2. The van der Waals surface area contributed by atoms with Crippen LogP contribution in [0.1, 0.15) is 36.8 Å². The molecule has 2 aromatic heterocycles. The number of halogens is 1. The van der Waals surface area contributed by atoms with Crippen LogP contribution in [0.25, 0.3) is 10.8 Å². The molecule has 2 heterocycles. The zero-order valence-corrected chi connectivity index (χ0v) is 22.3. The first-order valence-electron chi connectivity index (χ1n) is 12.5. The molecule has 1 saturated carbocycles. The molecule has 1 aliphatic rings. The Balaban J connectivity index is 1.27. The van der Waals surface area contributed by atoms with Crippen LogP contribution in [0.2, 0.25) is 5.02 Å². The average molecular weight is 536 g/mol. The van der Waals surface area contributed by atoms with E-state index in [9.17, 15) is 8.42 Å². The lowest BCUT2D eigenvalue weighted by Gasteiger charge is -2.37. The van der Waals surface area contributed by atoms with Crippen LogP contribution in [-0.2, 0) is 22.9 Å². The van der Waals surface area contributed by atoms with Crippen molar-refractivity contribution in [3.8, 4) is 5.75 Å². The van der Waals surface area contributed by atoms with Gasteiger partial charge in [0, 0.05) is 55.6 Å². The highest BCUT2D eigenvalue weighted by molar-refractivity contribution is 7.90. The summed E-state index contributed by atoms with van der Waals surface area (Å²) in [7, 11) is -3.21. The number of hydrogen-bond donors (Lipinski definition) is 0. The van der Waals surface area contributed by atoms with E-state index in [0.29, 0.717) is 16.0 Å². The molecule has 0 unspecified atom stereocenters. The fraction of sp³-hybridized carbons (Fsp3) is 0.310. The fourth-order valence-corrected chi connectivity index (χ4v) is 5.85.